The first-order chi connectivity index (χ1) is 9.54. The summed E-state index contributed by atoms with van der Waals surface area (Å²) in [6.45, 7) is 2.93. The largest absolute Gasteiger partial charge is 0.388 e. The molecule has 1 saturated heterocycles. The lowest BCUT2D eigenvalue weighted by atomic mass is 9.88. The molecule has 112 valence electrons. The zero-order valence-corrected chi connectivity index (χ0v) is 12.7. The van der Waals surface area contributed by atoms with Gasteiger partial charge >= 0.3 is 0 Å². The normalized spacial score (nSPS) is 19.9. The third kappa shape index (κ3) is 3.59. The van der Waals surface area contributed by atoms with Crippen LogP contribution in [0.2, 0.25) is 0 Å². The molecular formula is C15H23NO3S. The van der Waals surface area contributed by atoms with Gasteiger partial charge in [0.1, 0.15) is 0 Å². The van der Waals surface area contributed by atoms with Crippen molar-refractivity contribution in [3.05, 3.63) is 35.9 Å². The quantitative estimate of drug-likeness (QED) is 0.906. The fourth-order valence-electron chi connectivity index (χ4n) is 2.78. The van der Waals surface area contributed by atoms with Crippen LogP contribution in [0, 0.1) is 5.92 Å². The monoisotopic (exact) mass is 297 g/mol. The molecule has 0 saturated carbocycles. The molecule has 2 rings (SSSR count). The molecule has 0 aliphatic carbocycles. The number of nitrogens with zero attached hydrogens (tertiary/aromatic N) is 1. The van der Waals surface area contributed by atoms with Gasteiger partial charge in [-0.15, -0.1) is 0 Å². The lowest BCUT2D eigenvalue weighted by molar-refractivity contribution is 0.0760. The lowest BCUT2D eigenvalue weighted by Crippen LogP contribution is -2.40. The standard InChI is InChI=1S/C15H23NO3S/c1-2-12-20(18,19)16-10-8-14(9-11-16)15(17)13-6-4-3-5-7-13/h3-7,14-15,17H,2,8-12H2,1H3. The molecule has 5 heteroatoms. The minimum atomic E-state index is -3.10. The Bertz CT molecular complexity index is 507. The van der Waals surface area contributed by atoms with Crippen molar-refractivity contribution < 1.29 is 13.5 Å². The van der Waals surface area contributed by atoms with Gasteiger partial charge in [0.2, 0.25) is 10.0 Å². The van der Waals surface area contributed by atoms with E-state index in [1.54, 1.807) is 4.31 Å². The van der Waals surface area contributed by atoms with Crippen LogP contribution in [0.15, 0.2) is 30.3 Å². The number of hydrogen-bond donors (Lipinski definition) is 1. The molecule has 1 unspecified atom stereocenters. The van der Waals surface area contributed by atoms with Gasteiger partial charge in [-0.25, -0.2) is 12.7 Å². The van der Waals surface area contributed by atoms with Crippen LogP contribution < -0.4 is 0 Å². The Balaban J connectivity index is 1.95. The Morgan fingerprint density at radius 3 is 2.40 bits per heavy atom. The van der Waals surface area contributed by atoms with E-state index in [0.717, 1.165) is 18.4 Å². The zero-order chi connectivity index (χ0) is 14.6. The van der Waals surface area contributed by atoms with Crippen LogP contribution in [0.4, 0.5) is 0 Å². The average molecular weight is 297 g/mol. The molecule has 1 N–H and O–H groups in total. The Kier molecular flexibility index (Phi) is 5.18. The molecule has 0 radical (unpaired) electrons. The molecule has 0 amide bonds. The van der Waals surface area contributed by atoms with Crippen LogP contribution in [0.25, 0.3) is 0 Å². The second kappa shape index (κ2) is 6.70. The van der Waals surface area contributed by atoms with E-state index in [-0.39, 0.29) is 11.7 Å². The molecule has 0 aromatic heterocycles. The number of benzene rings is 1. The highest BCUT2D eigenvalue weighted by molar-refractivity contribution is 7.89. The van der Waals surface area contributed by atoms with Crippen LogP contribution in [0.3, 0.4) is 0 Å². The number of hydrogen-bond acceptors (Lipinski definition) is 3. The molecule has 0 bridgehead atoms. The summed E-state index contributed by atoms with van der Waals surface area (Å²) in [6.07, 6.45) is 1.60. The maximum Gasteiger partial charge on any atom is 0.214 e. The minimum absolute atomic E-state index is 0.144. The summed E-state index contributed by atoms with van der Waals surface area (Å²) in [7, 11) is -3.10. The van der Waals surface area contributed by atoms with Crippen LogP contribution in [-0.2, 0) is 10.0 Å². The predicted octanol–water partition coefficient (Wildman–Crippen LogP) is 2.17. The van der Waals surface area contributed by atoms with E-state index in [9.17, 15) is 13.5 Å². The summed E-state index contributed by atoms with van der Waals surface area (Å²) in [5.74, 6) is 0.365. The number of sulfonamides is 1. The van der Waals surface area contributed by atoms with Crippen molar-refractivity contribution in [2.45, 2.75) is 32.3 Å². The van der Waals surface area contributed by atoms with E-state index in [1.165, 1.54) is 0 Å². The van der Waals surface area contributed by atoms with Crippen molar-refractivity contribution >= 4 is 10.0 Å². The molecule has 1 aliphatic rings. The summed E-state index contributed by atoms with van der Waals surface area (Å²) >= 11 is 0. The Morgan fingerprint density at radius 2 is 1.85 bits per heavy atom. The number of piperidine rings is 1. The van der Waals surface area contributed by atoms with Gasteiger partial charge in [-0.2, -0.15) is 0 Å². The summed E-state index contributed by atoms with van der Waals surface area (Å²) in [4.78, 5) is 0. The molecule has 4 nitrogen and oxygen atoms in total. The predicted molar refractivity (Wildman–Crippen MR) is 79.8 cm³/mol. The van der Waals surface area contributed by atoms with E-state index in [2.05, 4.69) is 0 Å². The van der Waals surface area contributed by atoms with Crippen LogP contribution >= 0.6 is 0 Å². The van der Waals surface area contributed by atoms with Crippen LogP contribution in [0.1, 0.15) is 37.9 Å². The van der Waals surface area contributed by atoms with E-state index in [1.807, 2.05) is 37.3 Å². The van der Waals surface area contributed by atoms with Crippen molar-refractivity contribution in [2.75, 3.05) is 18.8 Å². The number of aliphatic hydroxyl groups is 1. The summed E-state index contributed by atoms with van der Waals surface area (Å²) < 4.78 is 25.6. The van der Waals surface area contributed by atoms with Gasteiger partial charge in [0.15, 0.2) is 0 Å². The zero-order valence-electron chi connectivity index (χ0n) is 11.9. The fraction of sp³-hybridized carbons (Fsp3) is 0.600. The van der Waals surface area contributed by atoms with Crippen LogP contribution in [0.5, 0.6) is 0 Å². The molecule has 1 heterocycles. The van der Waals surface area contributed by atoms with Gasteiger partial charge in [-0.3, -0.25) is 0 Å². The highest BCUT2D eigenvalue weighted by Gasteiger charge is 2.30. The smallest absolute Gasteiger partial charge is 0.214 e. The van der Waals surface area contributed by atoms with Gasteiger partial charge in [0.05, 0.1) is 11.9 Å². The minimum Gasteiger partial charge on any atom is -0.388 e. The Hall–Kier alpha value is -0.910. The molecule has 1 atom stereocenters. The van der Waals surface area contributed by atoms with E-state index >= 15 is 0 Å². The summed E-state index contributed by atoms with van der Waals surface area (Å²) in [5, 5.41) is 10.4. The van der Waals surface area contributed by atoms with Gasteiger partial charge < -0.3 is 5.11 Å². The SMILES string of the molecule is CCCS(=O)(=O)N1CCC(C(O)c2ccccc2)CC1. The molecule has 1 aliphatic heterocycles. The van der Waals surface area contributed by atoms with E-state index < -0.39 is 16.1 Å². The number of aliphatic hydroxyl groups excluding tert-OH is 1. The number of rotatable bonds is 5. The van der Waals surface area contributed by atoms with Crippen molar-refractivity contribution in [1.29, 1.82) is 0 Å². The molecule has 20 heavy (non-hydrogen) atoms. The summed E-state index contributed by atoms with van der Waals surface area (Å²) in [6, 6.07) is 9.60. The van der Waals surface area contributed by atoms with E-state index in [4.69, 9.17) is 0 Å². The second-order valence-corrected chi connectivity index (χ2v) is 7.50. The maximum absolute atomic E-state index is 12.0. The molecule has 1 aromatic carbocycles. The first kappa shape index (κ1) is 15.5. The average Bonchev–Trinajstić information content (AvgIpc) is 2.47. The first-order valence-corrected chi connectivity index (χ1v) is 8.86. The Labute approximate surface area is 121 Å². The lowest BCUT2D eigenvalue weighted by Gasteiger charge is -2.33. The van der Waals surface area contributed by atoms with E-state index in [0.29, 0.717) is 19.5 Å². The molecule has 1 fully saturated rings. The van der Waals surface area contributed by atoms with Crippen molar-refractivity contribution in [2.24, 2.45) is 5.92 Å². The van der Waals surface area contributed by atoms with Crippen molar-refractivity contribution in [1.82, 2.24) is 4.31 Å². The van der Waals surface area contributed by atoms with Gasteiger partial charge in [-0.05, 0) is 30.7 Å². The van der Waals surface area contributed by atoms with Gasteiger partial charge in [0, 0.05) is 13.1 Å². The van der Waals surface area contributed by atoms with Crippen molar-refractivity contribution in [3.8, 4) is 0 Å². The topological polar surface area (TPSA) is 57.6 Å². The highest BCUT2D eigenvalue weighted by atomic mass is 32.2. The molecule has 1 aromatic rings. The highest BCUT2D eigenvalue weighted by Crippen LogP contribution is 2.31. The van der Waals surface area contributed by atoms with Crippen LogP contribution in [-0.4, -0.2) is 36.7 Å². The third-order valence-corrected chi connectivity index (χ3v) is 6.02. The molecular weight excluding hydrogens is 274 g/mol. The third-order valence-electron chi connectivity index (χ3n) is 3.94. The fourth-order valence-corrected chi connectivity index (χ4v) is 4.32. The summed E-state index contributed by atoms with van der Waals surface area (Å²) in [5.41, 5.74) is 0.919. The maximum atomic E-state index is 12.0. The Morgan fingerprint density at radius 1 is 1.25 bits per heavy atom. The second-order valence-electron chi connectivity index (χ2n) is 5.41. The van der Waals surface area contributed by atoms with Gasteiger partial charge in [0.25, 0.3) is 0 Å². The molecule has 0 spiro atoms. The van der Waals surface area contributed by atoms with Gasteiger partial charge in [-0.1, -0.05) is 37.3 Å². The van der Waals surface area contributed by atoms with Crippen molar-refractivity contribution in [3.63, 3.8) is 0 Å². The first-order valence-electron chi connectivity index (χ1n) is 7.25.